The lowest BCUT2D eigenvalue weighted by Crippen LogP contribution is -2.51. The lowest BCUT2D eigenvalue weighted by Gasteiger charge is -2.39. The van der Waals surface area contributed by atoms with E-state index in [0.717, 1.165) is 56.8 Å². The highest BCUT2D eigenvalue weighted by molar-refractivity contribution is 5.60. The highest BCUT2D eigenvalue weighted by atomic mass is 16.4. The molecule has 210 valence electrons. The predicted octanol–water partition coefficient (Wildman–Crippen LogP) is 4.74. The van der Waals surface area contributed by atoms with Gasteiger partial charge in [0.15, 0.2) is 0 Å². The van der Waals surface area contributed by atoms with E-state index in [0.29, 0.717) is 0 Å². The van der Waals surface area contributed by atoms with E-state index < -0.39 is 5.97 Å². The Kier molecular flexibility index (Phi) is 30.3. The first kappa shape index (κ1) is 36.2. The number of carboxylic acids is 1. The van der Waals surface area contributed by atoms with Crippen molar-refractivity contribution in [1.82, 2.24) is 0 Å². The van der Waals surface area contributed by atoms with Crippen LogP contribution in [0.4, 0.5) is 0 Å². The number of allylic oxidation sites excluding steroid dienone is 2. The van der Waals surface area contributed by atoms with E-state index in [9.17, 15) is 15.3 Å². The van der Waals surface area contributed by atoms with Gasteiger partial charge in [-0.15, -0.1) is 0 Å². The quantitative estimate of drug-likeness (QED) is 0.0952. The van der Waals surface area contributed by atoms with Crippen molar-refractivity contribution in [3.05, 3.63) is 12.2 Å². The average Bonchev–Trinajstić information content (AvgIpc) is 2.84. The van der Waals surface area contributed by atoms with Gasteiger partial charge in [-0.3, -0.25) is 0 Å². The summed E-state index contributed by atoms with van der Waals surface area (Å²) in [5, 5.41) is 36.7. The maximum atomic E-state index is 9.28. The van der Waals surface area contributed by atoms with Crippen molar-refractivity contribution in [3.8, 4) is 0 Å². The third kappa shape index (κ3) is 29.2. The van der Waals surface area contributed by atoms with Crippen LogP contribution < -0.4 is 5.11 Å². The van der Waals surface area contributed by atoms with Crippen LogP contribution in [0.3, 0.4) is 0 Å². The number of carboxylic acid groups (broad SMARTS) is 1. The molecular formula is C29H59NO5. The first-order valence-corrected chi connectivity index (χ1v) is 14.5. The van der Waals surface area contributed by atoms with Crippen LogP contribution in [0.5, 0.6) is 0 Å². The van der Waals surface area contributed by atoms with Gasteiger partial charge < -0.3 is 29.7 Å². The lowest BCUT2D eigenvalue weighted by molar-refractivity contribution is -0.929. The van der Waals surface area contributed by atoms with Gasteiger partial charge in [-0.05, 0) is 45.4 Å². The number of quaternary nitrogens is 1. The third-order valence-electron chi connectivity index (χ3n) is 6.52. The van der Waals surface area contributed by atoms with Crippen LogP contribution in [0.25, 0.3) is 0 Å². The molecule has 0 atom stereocenters. The monoisotopic (exact) mass is 501 g/mol. The molecule has 0 aliphatic carbocycles. The lowest BCUT2D eigenvalue weighted by atomic mass is 10.1. The van der Waals surface area contributed by atoms with Crippen LogP contribution in [0.1, 0.15) is 123 Å². The molecule has 0 bridgehead atoms. The van der Waals surface area contributed by atoms with E-state index in [4.69, 9.17) is 9.90 Å². The predicted molar refractivity (Wildman–Crippen MR) is 145 cm³/mol. The summed E-state index contributed by atoms with van der Waals surface area (Å²) in [5.41, 5.74) is 0. The first-order chi connectivity index (χ1) is 17.0. The first-order valence-electron chi connectivity index (χ1n) is 14.5. The summed E-state index contributed by atoms with van der Waals surface area (Å²) in [7, 11) is 0. The molecule has 0 saturated carbocycles. The summed E-state index contributed by atoms with van der Waals surface area (Å²) in [5.74, 6) is -1.08. The zero-order valence-electron chi connectivity index (χ0n) is 23.2. The number of aliphatic hydroxyl groups is 3. The molecule has 0 heterocycles. The van der Waals surface area contributed by atoms with E-state index in [1.165, 1.54) is 89.9 Å². The number of hydrogen-bond acceptors (Lipinski definition) is 5. The topological polar surface area (TPSA) is 101 Å². The van der Waals surface area contributed by atoms with E-state index in [1.54, 1.807) is 0 Å². The molecule has 0 aromatic heterocycles. The Bertz CT molecular complexity index is 431. The fourth-order valence-electron chi connectivity index (χ4n) is 4.58. The fraction of sp³-hybridized carbons (Fsp3) is 0.897. The van der Waals surface area contributed by atoms with Crippen LogP contribution in [-0.2, 0) is 4.79 Å². The Balaban J connectivity index is 0. The van der Waals surface area contributed by atoms with E-state index in [-0.39, 0.29) is 19.8 Å². The molecule has 0 unspecified atom stereocenters. The van der Waals surface area contributed by atoms with Gasteiger partial charge in [-0.1, -0.05) is 70.4 Å². The van der Waals surface area contributed by atoms with Crippen molar-refractivity contribution in [3.63, 3.8) is 0 Å². The van der Waals surface area contributed by atoms with E-state index in [2.05, 4.69) is 19.1 Å². The van der Waals surface area contributed by atoms with E-state index in [1.807, 2.05) is 0 Å². The molecule has 3 N–H and O–H groups in total. The highest BCUT2D eigenvalue weighted by Gasteiger charge is 2.25. The molecule has 0 aromatic rings. The van der Waals surface area contributed by atoms with Crippen LogP contribution >= 0.6 is 0 Å². The standard InChI is InChI=1S/C27H56NO3.C2H4O2/c1-2-3-4-5-6-7-8-9-10-11-12-13-14-15-16-17-21-28(22-18-25-29,23-19-26-30)24-20-27-31;1-2(3)4/h9-10,29-31H,2-8,11-27H2,1H3;1H3,(H,3,4)/q+1;/p-1/b10-9-;. The Morgan fingerprint density at radius 3 is 1.29 bits per heavy atom. The van der Waals surface area contributed by atoms with Crippen molar-refractivity contribution in [2.75, 3.05) is 46.0 Å². The maximum absolute atomic E-state index is 9.28. The zero-order chi connectivity index (χ0) is 26.5. The normalized spacial score (nSPS) is 11.6. The third-order valence-corrected chi connectivity index (χ3v) is 6.52. The molecule has 0 spiro atoms. The Hall–Kier alpha value is -0.950. The van der Waals surface area contributed by atoms with Gasteiger partial charge in [-0.25, -0.2) is 0 Å². The maximum Gasteiger partial charge on any atom is 0.0808 e. The fourth-order valence-corrected chi connectivity index (χ4v) is 4.58. The van der Waals surface area contributed by atoms with Gasteiger partial charge in [0, 0.05) is 45.1 Å². The molecule has 35 heavy (non-hydrogen) atoms. The van der Waals surface area contributed by atoms with Crippen molar-refractivity contribution in [2.24, 2.45) is 0 Å². The molecule has 6 nitrogen and oxygen atoms in total. The SMILES string of the molecule is CC(=O)[O-].CCCCCCCC/C=C\CCCCCCCC[N+](CCCO)(CCCO)CCCO. The van der Waals surface area contributed by atoms with Gasteiger partial charge in [-0.2, -0.15) is 0 Å². The van der Waals surface area contributed by atoms with Crippen molar-refractivity contribution in [1.29, 1.82) is 0 Å². The number of carbonyl (C=O) groups is 1. The summed E-state index contributed by atoms with van der Waals surface area (Å²) in [4.78, 5) is 8.89. The van der Waals surface area contributed by atoms with E-state index >= 15 is 0 Å². The molecular weight excluding hydrogens is 442 g/mol. The second-order valence-electron chi connectivity index (χ2n) is 9.90. The molecule has 6 heteroatoms. The summed E-state index contributed by atoms with van der Waals surface area (Å²) >= 11 is 0. The molecule has 0 aliphatic rings. The van der Waals surface area contributed by atoms with Crippen molar-refractivity contribution < 1.29 is 29.7 Å². The van der Waals surface area contributed by atoms with Gasteiger partial charge >= 0.3 is 0 Å². The molecule has 0 aliphatic heterocycles. The minimum absolute atomic E-state index is 0.228. The number of carbonyl (C=O) groups excluding carboxylic acids is 1. The largest absolute Gasteiger partial charge is 0.550 e. The second-order valence-corrected chi connectivity index (χ2v) is 9.90. The molecule has 0 fully saturated rings. The zero-order valence-corrected chi connectivity index (χ0v) is 23.2. The second kappa shape index (κ2) is 29.3. The molecule has 0 rings (SSSR count). The number of aliphatic carboxylic acids is 1. The number of unbranched alkanes of at least 4 members (excludes halogenated alkanes) is 12. The number of nitrogens with zero attached hydrogens (tertiary/aromatic N) is 1. The summed E-state index contributed by atoms with van der Waals surface area (Å²) in [6.45, 7) is 7.92. The Labute approximate surface area is 217 Å². The van der Waals surface area contributed by atoms with Crippen molar-refractivity contribution in [2.45, 2.75) is 123 Å². The molecule has 0 amide bonds. The molecule has 0 radical (unpaired) electrons. The number of aliphatic hydroxyl groups excluding tert-OH is 3. The number of rotatable bonds is 25. The van der Waals surface area contributed by atoms with Crippen LogP contribution in [0.2, 0.25) is 0 Å². The summed E-state index contributed by atoms with van der Waals surface area (Å²) < 4.78 is 0.949. The van der Waals surface area contributed by atoms with Crippen LogP contribution in [-0.4, -0.2) is 71.8 Å². The van der Waals surface area contributed by atoms with Crippen LogP contribution in [0, 0.1) is 0 Å². The van der Waals surface area contributed by atoms with Crippen LogP contribution in [0.15, 0.2) is 12.2 Å². The Morgan fingerprint density at radius 2 is 0.914 bits per heavy atom. The average molecular weight is 502 g/mol. The minimum Gasteiger partial charge on any atom is -0.550 e. The highest BCUT2D eigenvalue weighted by Crippen LogP contribution is 2.16. The van der Waals surface area contributed by atoms with Gasteiger partial charge in [0.05, 0.1) is 26.2 Å². The molecule has 0 aromatic carbocycles. The summed E-state index contributed by atoms with van der Waals surface area (Å²) in [6.07, 6.45) is 25.8. The minimum atomic E-state index is -1.08. The summed E-state index contributed by atoms with van der Waals surface area (Å²) in [6, 6.07) is 0. The van der Waals surface area contributed by atoms with Gasteiger partial charge in [0.2, 0.25) is 0 Å². The van der Waals surface area contributed by atoms with Gasteiger partial charge in [0.1, 0.15) is 0 Å². The number of hydrogen-bond donors (Lipinski definition) is 3. The van der Waals surface area contributed by atoms with Crippen molar-refractivity contribution >= 4 is 5.97 Å². The molecule has 0 saturated heterocycles. The van der Waals surface area contributed by atoms with Gasteiger partial charge in [0.25, 0.3) is 0 Å². The Morgan fingerprint density at radius 1 is 0.600 bits per heavy atom. The smallest absolute Gasteiger partial charge is 0.0808 e.